The monoisotopic (exact) mass is 447 g/mol. The summed E-state index contributed by atoms with van der Waals surface area (Å²) in [6, 6.07) is 10.6. The first-order chi connectivity index (χ1) is 15.1. The Hall–Kier alpha value is -2.42. The summed E-state index contributed by atoms with van der Waals surface area (Å²) in [5.74, 6) is -1.03. The molecule has 2 aliphatic rings. The van der Waals surface area contributed by atoms with Crippen LogP contribution in [0.1, 0.15) is 36.0 Å². The van der Waals surface area contributed by atoms with E-state index in [4.69, 9.17) is 0 Å². The summed E-state index contributed by atoms with van der Waals surface area (Å²) >= 11 is 0.416. The van der Waals surface area contributed by atoms with Gasteiger partial charge in [-0.2, -0.15) is 8.78 Å². The number of anilines is 2. The number of amides is 1. The van der Waals surface area contributed by atoms with Crippen molar-refractivity contribution in [3.63, 3.8) is 0 Å². The first-order valence-electron chi connectivity index (χ1n) is 10.8. The van der Waals surface area contributed by atoms with Gasteiger partial charge in [0.1, 0.15) is 0 Å². The molecule has 0 N–H and O–H groups in total. The number of thioether (sulfide) groups is 1. The van der Waals surface area contributed by atoms with E-state index in [0.717, 1.165) is 24.7 Å². The highest BCUT2D eigenvalue weighted by atomic mass is 32.2. The molecule has 2 saturated heterocycles. The molecule has 2 fully saturated rings. The third kappa shape index (κ3) is 5.44. The van der Waals surface area contributed by atoms with Gasteiger partial charge in [-0.25, -0.2) is 0 Å². The van der Waals surface area contributed by atoms with Crippen molar-refractivity contribution in [3.05, 3.63) is 42.0 Å². The largest absolute Gasteiger partial charge is 0.355 e. The number of hydrogen-bond acceptors (Lipinski definition) is 6. The van der Waals surface area contributed by atoms with Crippen molar-refractivity contribution >= 4 is 29.3 Å². The Balaban J connectivity index is 1.36. The maximum absolute atomic E-state index is 12.9. The van der Waals surface area contributed by atoms with Crippen LogP contribution in [-0.2, 0) is 0 Å². The van der Waals surface area contributed by atoms with E-state index in [1.165, 1.54) is 25.7 Å². The summed E-state index contributed by atoms with van der Waals surface area (Å²) in [7, 11) is 0. The molecule has 0 saturated carbocycles. The Morgan fingerprint density at radius 1 is 0.806 bits per heavy atom. The van der Waals surface area contributed by atoms with Gasteiger partial charge in [0.05, 0.1) is 5.56 Å². The average Bonchev–Trinajstić information content (AvgIpc) is 3.09. The van der Waals surface area contributed by atoms with Crippen molar-refractivity contribution in [2.75, 3.05) is 49.1 Å². The number of halogens is 2. The quantitative estimate of drug-likeness (QED) is 0.643. The van der Waals surface area contributed by atoms with E-state index < -0.39 is 5.76 Å². The minimum Gasteiger partial charge on any atom is -0.355 e. The van der Waals surface area contributed by atoms with Crippen LogP contribution < -0.4 is 9.80 Å². The Labute approximate surface area is 185 Å². The zero-order valence-corrected chi connectivity index (χ0v) is 18.2. The van der Waals surface area contributed by atoms with Crippen LogP contribution in [0.3, 0.4) is 0 Å². The summed E-state index contributed by atoms with van der Waals surface area (Å²) in [6.45, 7) is 4.35. The minimum atomic E-state index is -2.55. The number of nitrogens with zero attached hydrogens (tertiary/aromatic N) is 5. The van der Waals surface area contributed by atoms with E-state index in [9.17, 15) is 13.6 Å². The standard InChI is InChI=1S/C22H27F2N5OS/c23-22(24)31-18-8-4-3-7-17(18)21(30)29-15-13-28(14-16-29)20-10-9-19(25-26-20)27-11-5-1-2-6-12-27/h3-4,7-10,22H,1-2,5-6,11-16H2. The molecule has 1 aromatic carbocycles. The number of piperazine rings is 1. The highest BCUT2D eigenvalue weighted by molar-refractivity contribution is 7.99. The molecule has 9 heteroatoms. The number of benzene rings is 1. The van der Waals surface area contributed by atoms with E-state index in [-0.39, 0.29) is 5.91 Å². The van der Waals surface area contributed by atoms with Gasteiger partial charge >= 0.3 is 0 Å². The zero-order chi connectivity index (χ0) is 21.6. The van der Waals surface area contributed by atoms with Gasteiger partial charge in [-0.15, -0.1) is 10.2 Å². The molecule has 0 bridgehead atoms. The van der Waals surface area contributed by atoms with E-state index in [1.54, 1.807) is 29.2 Å². The Morgan fingerprint density at radius 2 is 1.39 bits per heavy atom. The lowest BCUT2D eigenvalue weighted by atomic mass is 10.2. The van der Waals surface area contributed by atoms with Crippen LogP contribution >= 0.6 is 11.8 Å². The van der Waals surface area contributed by atoms with Crippen molar-refractivity contribution in [3.8, 4) is 0 Å². The normalized spacial score (nSPS) is 17.7. The highest BCUT2D eigenvalue weighted by Gasteiger charge is 2.25. The van der Waals surface area contributed by atoms with Crippen LogP contribution in [0.2, 0.25) is 0 Å². The maximum Gasteiger partial charge on any atom is 0.288 e. The van der Waals surface area contributed by atoms with Gasteiger partial charge in [-0.3, -0.25) is 4.79 Å². The summed E-state index contributed by atoms with van der Waals surface area (Å²) in [5.41, 5.74) is 0.336. The molecule has 0 unspecified atom stereocenters. The maximum atomic E-state index is 12.9. The fourth-order valence-corrected chi connectivity index (χ4v) is 4.74. The van der Waals surface area contributed by atoms with Gasteiger partial charge in [0, 0.05) is 44.2 Å². The summed E-state index contributed by atoms with van der Waals surface area (Å²) in [4.78, 5) is 19.4. The van der Waals surface area contributed by atoms with Crippen molar-refractivity contribution < 1.29 is 13.6 Å². The third-order valence-electron chi connectivity index (χ3n) is 5.79. The van der Waals surface area contributed by atoms with Crippen LogP contribution in [0.5, 0.6) is 0 Å². The Bertz CT molecular complexity index is 866. The molecule has 3 heterocycles. The number of carbonyl (C=O) groups excluding carboxylic acids is 1. The molecule has 0 spiro atoms. The smallest absolute Gasteiger partial charge is 0.288 e. The highest BCUT2D eigenvalue weighted by Crippen LogP contribution is 2.29. The van der Waals surface area contributed by atoms with Gasteiger partial charge in [0.15, 0.2) is 11.6 Å². The SMILES string of the molecule is O=C(c1ccccc1SC(F)F)N1CCN(c2ccc(N3CCCCCC3)nn2)CC1. The molecule has 1 aromatic heterocycles. The van der Waals surface area contributed by atoms with Crippen LogP contribution in [-0.4, -0.2) is 66.0 Å². The molecule has 0 aliphatic carbocycles. The summed E-state index contributed by atoms with van der Waals surface area (Å²) < 4.78 is 25.7. The van der Waals surface area contributed by atoms with Crippen molar-refractivity contribution in [1.29, 1.82) is 0 Å². The van der Waals surface area contributed by atoms with Gasteiger partial charge in [-0.1, -0.05) is 36.7 Å². The predicted octanol–water partition coefficient (Wildman–Crippen LogP) is 4.13. The minimum absolute atomic E-state index is 0.203. The number of hydrogen-bond donors (Lipinski definition) is 0. The van der Waals surface area contributed by atoms with Gasteiger partial charge in [0.2, 0.25) is 0 Å². The van der Waals surface area contributed by atoms with Crippen LogP contribution in [0.15, 0.2) is 41.3 Å². The second-order valence-corrected chi connectivity index (χ2v) is 8.84. The molecule has 31 heavy (non-hydrogen) atoms. The zero-order valence-electron chi connectivity index (χ0n) is 17.4. The third-order valence-corrected chi connectivity index (χ3v) is 6.58. The average molecular weight is 448 g/mol. The van der Waals surface area contributed by atoms with E-state index in [2.05, 4.69) is 20.0 Å². The van der Waals surface area contributed by atoms with Crippen molar-refractivity contribution in [2.24, 2.45) is 0 Å². The number of carbonyl (C=O) groups is 1. The van der Waals surface area contributed by atoms with Crippen molar-refractivity contribution in [1.82, 2.24) is 15.1 Å². The summed E-state index contributed by atoms with van der Waals surface area (Å²) in [5, 5.41) is 8.87. The molecule has 4 rings (SSSR count). The number of rotatable bonds is 5. The molecular weight excluding hydrogens is 420 g/mol. The second kappa shape index (κ2) is 10.3. The van der Waals surface area contributed by atoms with Crippen LogP contribution in [0.25, 0.3) is 0 Å². The fraction of sp³-hybridized carbons (Fsp3) is 0.500. The van der Waals surface area contributed by atoms with E-state index >= 15 is 0 Å². The van der Waals surface area contributed by atoms with Gasteiger partial charge < -0.3 is 14.7 Å². The van der Waals surface area contributed by atoms with E-state index in [0.29, 0.717) is 48.4 Å². The first kappa shape index (κ1) is 21.8. The molecular formula is C22H27F2N5OS. The molecule has 0 atom stereocenters. The summed E-state index contributed by atoms with van der Waals surface area (Å²) in [6.07, 6.45) is 4.93. The van der Waals surface area contributed by atoms with Crippen molar-refractivity contribution in [2.45, 2.75) is 36.3 Å². The fourth-order valence-electron chi connectivity index (χ4n) is 4.11. The Kier molecular flexibility index (Phi) is 7.21. The molecule has 1 amide bonds. The number of alkyl halides is 2. The van der Waals surface area contributed by atoms with Crippen LogP contribution in [0.4, 0.5) is 20.4 Å². The molecule has 0 radical (unpaired) electrons. The lowest BCUT2D eigenvalue weighted by Gasteiger charge is -2.35. The Morgan fingerprint density at radius 3 is 1.97 bits per heavy atom. The second-order valence-electron chi connectivity index (χ2n) is 7.80. The molecule has 166 valence electrons. The molecule has 2 aromatic rings. The van der Waals surface area contributed by atoms with Gasteiger partial charge in [0.25, 0.3) is 11.7 Å². The topological polar surface area (TPSA) is 52.6 Å². The first-order valence-corrected chi connectivity index (χ1v) is 11.7. The molecule has 2 aliphatic heterocycles. The lowest BCUT2D eigenvalue weighted by molar-refractivity contribution is 0.0743. The van der Waals surface area contributed by atoms with Gasteiger partial charge in [-0.05, 0) is 37.1 Å². The predicted molar refractivity (Wildman–Crippen MR) is 119 cm³/mol. The number of aromatic nitrogens is 2. The van der Waals surface area contributed by atoms with Crippen LogP contribution in [0, 0.1) is 0 Å². The lowest BCUT2D eigenvalue weighted by Crippen LogP contribution is -2.49. The van der Waals surface area contributed by atoms with E-state index in [1.807, 2.05) is 12.1 Å². The molecule has 6 nitrogen and oxygen atoms in total.